The highest BCUT2D eigenvalue weighted by Crippen LogP contribution is 2.35. The fourth-order valence-corrected chi connectivity index (χ4v) is 12.0. The first-order chi connectivity index (χ1) is 44.8. The molecule has 3 aliphatic rings. The summed E-state index contributed by atoms with van der Waals surface area (Å²) in [7, 11) is 14.9. The van der Waals surface area contributed by atoms with Gasteiger partial charge in [0.05, 0.1) is 68.5 Å². The van der Waals surface area contributed by atoms with Crippen LogP contribution in [0.1, 0.15) is 33.4 Å². The Bertz CT molecular complexity index is 4710. The molecule has 5 N–H and O–H groups in total. The number of anilines is 5. The molecule has 0 saturated carbocycles. The zero-order valence-electron chi connectivity index (χ0n) is 52.4. The van der Waals surface area contributed by atoms with Crippen LogP contribution in [-0.4, -0.2) is 138 Å². The average Bonchev–Trinajstić information content (AvgIpc) is 1.59. The molecule has 0 saturated heterocycles. The summed E-state index contributed by atoms with van der Waals surface area (Å²) in [5.74, 6) is 2.45. The topological polar surface area (TPSA) is 228 Å². The Morgan fingerprint density at radius 3 is 1.26 bits per heavy atom. The zero-order chi connectivity index (χ0) is 65.2. The lowest BCUT2D eigenvalue weighted by Gasteiger charge is -2.17. The van der Waals surface area contributed by atoms with Crippen LogP contribution in [-0.2, 0) is 38.5 Å². The van der Waals surface area contributed by atoms with Crippen molar-refractivity contribution >= 4 is 57.2 Å². The summed E-state index contributed by atoms with van der Waals surface area (Å²) in [5.41, 5.74) is 21.7. The van der Waals surface area contributed by atoms with Gasteiger partial charge in [0.25, 0.3) is 0 Å². The minimum atomic E-state index is -0.415. The second-order valence-corrected chi connectivity index (χ2v) is 23.9. The summed E-state index contributed by atoms with van der Waals surface area (Å²) in [6.45, 7) is 0. The Hall–Kier alpha value is -10.6. The smallest absolute Gasteiger partial charge is 0.181 e. The molecule has 476 valence electrons. The van der Waals surface area contributed by atoms with Crippen molar-refractivity contribution in [1.29, 1.82) is 0 Å². The van der Waals surface area contributed by atoms with Gasteiger partial charge in [0, 0.05) is 114 Å². The maximum atomic E-state index is 13.8. The number of nitrogens with two attached hydrogens (primary N) is 1. The van der Waals surface area contributed by atoms with E-state index in [1.807, 2.05) is 93.4 Å². The van der Waals surface area contributed by atoms with Crippen molar-refractivity contribution in [1.82, 2.24) is 58.7 Å². The third-order valence-electron chi connectivity index (χ3n) is 16.3. The van der Waals surface area contributed by atoms with Crippen LogP contribution in [0.4, 0.5) is 41.9 Å². The summed E-state index contributed by atoms with van der Waals surface area (Å²) in [6.07, 6.45) is 19.0. The maximum Gasteiger partial charge on any atom is 0.181 e. The van der Waals surface area contributed by atoms with Crippen molar-refractivity contribution in [3.63, 3.8) is 0 Å². The number of fused-ring (bicyclic) bond motifs is 6. The van der Waals surface area contributed by atoms with Crippen molar-refractivity contribution in [2.24, 2.45) is 5.73 Å². The number of benzene rings is 3. The van der Waals surface area contributed by atoms with Crippen molar-refractivity contribution < 1.29 is 27.8 Å². The van der Waals surface area contributed by atoms with Gasteiger partial charge in [0.2, 0.25) is 0 Å². The molecule has 3 aliphatic carbocycles. The van der Waals surface area contributed by atoms with Gasteiger partial charge >= 0.3 is 0 Å². The van der Waals surface area contributed by atoms with E-state index < -0.39 is 17.5 Å². The number of nitrogens with zero attached hydrogens (tertiary/aromatic N) is 15. The highest BCUT2D eigenvalue weighted by molar-refractivity contribution is 6.30. The van der Waals surface area contributed by atoms with Crippen LogP contribution in [0.3, 0.4) is 0 Å². The lowest BCUT2D eigenvalue weighted by atomic mass is 10.1. The first-order valence-corrected chi connectivity index (χ1v) is 30.3. The Kier molecular flexibility index (Phi) is 18.0. The minimum absolute atomic E-state index is 0.151. The molecular formula is C68H68ClF3N18O3. The molecular weight excluding hydrogens is 1210 g/mol. The van der Waals surface area contributed by atoms with Gasteiger partial charge in [-0.2, -0.15) is 24.3 Å². The lowest BCUT2D eigenvalue weighted by molar-refractivity contribution is 0.414. The van der Waals surface area contributed by atoms with E-state index in [9.17, 15) is 18.3 Å². The first-order valence-electron chi connectivity index (χ1n) is 29.9. The summed E-state index contributed by atoms with van der Waals surface area (Å²) < 4.78 is 56.5. The summed E-state index contributed by atoms with van der Waals surface area (Å²) in [6, 6.07) is 28.2. The van der Waals surface area contributed by atoms with Crippen LogP contribution >= 0.6 is 11.6 Å². The molecule has 0 aliphatic heterocycles. The monoisotopic (exact) mass is 1280 g/mol. The van der Waals surface area contributed by atoms with Crippen molar-refractivity contribution in [2.45, 2.75) is 56.7 Å². The second kappa shape index (κ2) is 26.7. The predicted molar refractivity (Wildman–Crippen MR) is 356 cm³/mol. The maximum absolute atomic E-state index is 13.8. The van der Waals surface area contributed by atoms with Crippen molar-refractivity contribution in [3.05, 3.63) is 203 Å². The number of methoxy groups -OCH3 is 2. The molecule has 0 fully saturated rings. The van der Waals surface area contributed by atoms with Gasteiger partial charge in [-0.3, -0.25) is 15.0 Å². The number of hydrogen-bond donors (Lipinski definition) is 4. The van der Waals surface area contributed by atoms with E-state index in [1.54, 1.807) is 72.6 Å². The fraction of sp³-hybridized carbons (Fsp3) is 0.250. The van der Waals surface area contributed by atoms with E-state index in [1.165, 1.54) is 62.9 Å². The minimum Gasteiger partial charge on any atom is -0.508 e. The van der Waals surface area contributed by atoms with Crippen LogP contribution in [0.25, 0.3) is 50.7 Å². The highest BCUT2D eigenvalue weighted by Gasteiger charge is 2.27. The van der Waals surface area contributed by atoms with Gasteiger partial charge < -0.3 is 45.6 Å². The molecule has 3 atom stereocenters. The molecule has 0 radical (unpaired) electrons. The molecule has 9 heterocycles. The number of aromatic nitrogens is 12. The van der Waals surface area contributed by atoms with Crippen LogP contribution in [0.2, 0.25) is 5.15 Å². The molecule has 3 aromatic carbocycles. The van der Waals surface area contributed by atoms with Crippen molar-refractivity contribution in [2.75, 3.05) is 81.8 Å². The normalized spacial score (nSPS) is 15.0. The van der Waals surface area contributed by atoms with Crippen LogP contribution < -0.4 is 40.5 Å². The van der Waals surface area contributed by atoms with E-state index in [0.717, 1.165) is 90.5 Å². The summed E-state index contributed by atoms with van der Waals surface area (Å²) in [5, 5.41) is 30.6. The molecule has 9 aromatic heterocycles. The number of ether oxygens (including phenoxy) is 2. The number of rotatable bonds is 12. The zero-order valence-corrected chi connectivity index (χ0v) is 53.1. The number of pyridine rings is 3. The van der Waals surface area contributed by atoms with E-state index in [2.05, 4.69) is 70.1 Å². The predicted octanol–water partition coefficient (Wildman–Crippen LogP) is 10.6. The molecule has 21 nitrogen and oxygen atoms in total. The number of phenols is 1. The molecule has 25 heteroatoms. The Morgan fingerprint density at radius 2 is 0.828 bits per heavy atom. The van der Waals surface area contributed by atoms with Gasteiger partial charge in [-0.1, -0.05) is 29.8 Å². The Morgan fingerprint density at radius 1 is 0.462 bits per heavy atom. The van der Waals surface area contributed by atoms with Crippen LogP contribution in [0.5, 0.6) is 17.2 Å². The van der Waals surface area contributed by atoms with E-state index >= 15 is 0 Å². The van der Waals surface area contributed by atoms with E-state index in [-0.39, 0.29) is 17.8 Å². The van der Waals surface area contributed by atoms with Gasteiger partial charge in [-0.25, -0.2) is 32.6 Å². The second-order valence-electron chi connectivity index (χ2n) is 23.6. The number of halogens is 4. The largest absolute Gasteiger partial charge is 0.508 e. The van der Waals surface area contributed by atoms with Crippen molar-refractivity contribution in [3.8, 4) is 51.0 Å². The summed E-state index contributed by atoms with van der Waals surface area (Å²) >= 11 is 6.20. The van der Waals surface area contributed by atoms with Crippen LogP contribution in [0.15, 0.2) is 147 Å². The number of hydrogen-bond acceptors (Lipinski definition) is 18. The van der Waals surface area contributed by atoms with E-state index in [4.69, 9.17) is 36.8 Å². The quantitative estimate of drug-likeness (QED) is 0.0834. The van der Waals surface area contributed by atoms with E-state index in [0.29, 0.717) is 61.9 Å². The summed E-state index contributed by atoms with van der Waals surface area (Å²) in [4.78, 5) is 31.6. The molecule has 0 spiro atoms. The molecule has 93 heavy (non-hydrogen) atoms. The number of nitrogens with one attached hydrogen (secondary N) is 2. The molecule has 0 bridgehead atoms. The standard InChI is InChI=1S/C23H23FN6O.C22H21FN6O.C13H11ClFN5.C10H13NO/c1-29(2)21-13-26-30-22(10-20(28-23(21)30)16-6-17(24)12-25-11-16)27-18-7-14-4-5-19(31-3)9-15(14)8-18;1-28(2)20-12-25-29-21(26-17-6-13-3-4-18(30)8-14(13)7-17)9-19(27-22(20)29)15-5-16(23)11-24-10-15;1-19(2)11-7-17-20-12(14)4-10(18-13(11)20)8-3-9(15)6-16-5-8;1-12-10-3-2-7-4-9(11)5-8(7)6-10/h4-6,9-13,18,27H,7-8H2,1-3H3;3-5,8-12,17,26,30H,6-7H2,1-2H3;3-7H,1-2H3;2-3,6,9H,4-5,11H2,1H3/t18-;17-;;9-/m00.0/s1. The molecule has 12 aromatic rings. The Labute approximate surface area is 539 Å². The first kappa shape index (κ1) is 62.6. The highest BCUT2D eigenvalue weighted by atomic mass is 35.5. The SMILES string of the molecule is CN(C)c1cnn2c(Cl)cc(-c3cncc(F)c3)nc12.CN(C)c1cnn2c(N[C@H]3Cc4ccc(O)cc4C3)cc(-c3cncc(F)c3)nc12.COc1ccc2c(c1)C[C@@H](N)C2.COc1ccc2c(c1)C[C@@H](Nc1cc(-c3cncc(F)c3)nc3c(N(C)C)cnn13)C2. The lowest BCUT2D eigenvalue weighted by Crippen LogP contribution is -2.21. The molecule has 15 rings (SSSR count). The van der Waals surface area contributed by atoms with Gasteiger partial charge in [-0.15, -0.1) is 0 Å². The third kappa shape index (κ3) is 13.7. The van der Waals surface area contributed by atoms with Gasteiger partial charge in [-0.05, 0) is 127 Å². The fourth-order valence-electron chi connectivity index (χ4n) is 11.8. The van der Waals surface area contributed by atoms with Gasteiger partial charge in [0.1, 0.15) is 68.6 Å². The van der Waals surface area contributed by atoms with Crippen LogP contribution in [0, 0.1) is 17.5 Å². The third-order valence-corrected chi connectivity index (χ3v) is 16.6. The molecule has 0 unspecified atom stereocenters. The number of aromatic hydroxyl groups is 1. The van der Waals surface area contributed by atoms with Gasteiger partial charge in [0.15, 0.2) is 16.9 Å². The Balaban J connectivity index is 0.000000125. The number of phenolic OH excluding ortho intramolecular Hbond substituents is 1. The molecule has 0 amide bonds. The average molecular weight is 1280 g/mol.